The zero-order valence-electron chi connectivity index (χ0n) is 7.30. The third-order valence-electron chi connectivity index (χ3n) is 2.18. The van der Waals surface area contributed by atoms with Gasteiger partial charge in [0.15, 0.2) is 0 Å². The Bertz CT molecular complexity index is 108. The normalized spacial score (nSPS) is 34.4. The van der Waals surface area contributed by atoms with E-state index >= 15 is 0 Å². The van der Waals surface area contributed by atoms with Crippen molar-refractivity contribution in [1.29, 1.82) is 0 Å². The van der Waals surface area contributed by atoms with Crippen LogP contribution in [0.2, 0.25) is 0 Å². The Hall–Kier alpha value is 0.740. The molecule has 0 aromatic rings. The van der Waals surface area contributed by atoms with Gasteiger partial charge in [-0.15, -0.1) is 11.4 Å². The molecule has 0 radical (unpaired) electrons. The van der Waals surface area contributed by atoms with E-state index in [9.17, 15) is 0 Å². The summed E-state index contributed by atoms with van der Waals surface area (Å²) in [4.78, 5) is 0. The van der Waals surface area contributed by atoms with Gasteiger partial charge in [0.2, 0.25) is 0 Å². The lowest BCUT2D eigenvalue weighted by Gasteiger charge is -2.29. The molecule has 0 N–H and O–H groups in total. The Morgan fingerprint density at radius 1 is 1.55 bits per heavy atom. The van der Waals surface area contributed by atoms with Crippen LogP contribution >= 0.6 is 19.4 Å². The van der Waals surface area contributed by atoms with Crippen molar-refractivity contribution in [3.05, 3.63) is 0 Å². The van der Waals surface area contributed by atoms with Gasteiger partial charge in [0, 0.05) is 5.25 Å². The molecule has 66 valence electrons. The molecule has 0 bridgehead atoms. The maximum atomic E-state index is 5.44. The molecular formula is C8H17OPS. The van der Waals surface area contributed by atoms with Crippen LogP contribution < -0.4 is 0 Å². The Kier molecular flexibility index (Phi) is 4.82. The van der Waals surface area contributed by atoms with Gasteiger partial charge in [-0.1, -0.05) is 26.7 Å². The molecule has 1 aliphatic rings. The van der Waals surface area contributed by atoms with Crippen LogP contribution in [0.5, 0.6) is 0 Å². The molecule has 0 saturated carbocycles. The van der Waals surface area contributed by atoms with Gasteiger partial charge in [0.1, 0.15) is 0 Å². The van der Waals surface area contributed by atoms with Gasteiger partial charge < -0.3 is 4.52 Å². The molecule has 0 aromatic heterocycles. The van der Waals surface area contributed by atoms with Crippen LogP contribution in [0.4, 0.5) is 0 Å². The number of hydrogen-bond acceptors (Lipinski definition) is 2. The molecule has 0 amide bonds. The average Bonchev–Trinajstić information content (AvgIpc) is 2.06. The molecule has 3 heteroatoms. The van der Waals surface area contributed by atoms with Crippen molar-refractivity contribution in [2.75, 3.05) is 6.61 Å². The summed E-state index contributed by atoms with van der Waals surface area (Å²) in [5.74, 6) is 0.821. The van der Waals surface area contributed by atoms with E-state index in [1.165, 1.54) is 19.3 Å². The minimum atomic E-state index is 0.698. The zero-order chi connectivity index (χ0) is 8.10. The Morgan fingerprint density at radius 3 is 3.00 bits per heavy atom. The Labute approximate surface area is 75.3 Å². The maximum Gasteiger partial charge on any atom is 0.0747 e. The van der Waals surface area contributed by atoms with E-state index in [2.05, 4.69) is 13.8 Å². The fourth-order valence-corrected chi connectivity index (χ4v) is 4.40. The summed E-state index contributed by atoms with van der Waals surface area (Å²) in [6, 6.07) is 0. The predicted molar refractivity (Wildman–Crippen MR) is 54.3 cm³/mol. The quantitative estimate of drug-likeness (QED) is 0.633. The Morgan fingerprint density at radius 2 is 2.36 bits per heavy atom. The lowest BCUT2D eigenvalue weighted by Crippen LogP contribution is -2.22. The molecule has 3 unspecified atom stereocenters. The van der Waals surface area contributed by atoms with Crippen molar-refractivity contribution in [3.8, 4) is 0 Å². The Balaban J connectivity index is 2.31. The standard InChI is InChI=1S/C8H17OPS/c1-3-5-8-7(4-2)6-9-10-11-8/h7-8,10H,3-6H2,1-2H3. The first kappa shape index (κ1) is 9.83. The zero-order valence-corrected chi connectivity index (χ0v) is 9.12. The minimum Gasteiger partial charge on any atom is -0.351 e. The fraction of sp³-hybridized carbons (Fsp3) is 1.00. The second-order valence-corrected chi connectivity index (χ2v) is 5.51. The lowest BCUT2D eigenvalue weighted by atomic mass is 10.00. The molecule has 1 rings (SSSR count). The fourth-order valence-electron chi connectivity index (χ4n) is 1.40. The molecule has 1 aliphatic heterocycles. The molecule has 0 aromatic carbocycles. The van der Waals surface area contributed by atoms with Gasteiger partial charge in [-0.05, 0) is 12.3 Å². The van der Waals surface area contributed by atoms with Crippen molar-refractivity contribution in [3.63, 3.8) is 0 Å². The van der Waals surface area contributed by atoms with Crippen LogP contribution in [0.25, 0.3) is 0 Å². The number of rotatable bonds is 3. The van der Waals surface area contributed by atoms with Gasteiger partial charge in [-0.25, -0.2) is 0 Å². The molecule has 1 nitrogen and oxygen atoms in total. The van der Waals surface area contributed by atoms with Gasteiger partial charge >= 0.3 is 0 Å². The van der Waals surface area contributed by atoms with Gasteiger partial charge in [-0.3, -0.25) is 0 Å². The first-order valence-electron chi connectivity index (χ1n) is 4.40. The van der Waals surface area contributed by atoms with E-state index in [-0.39, 0.29) is 0 Å². The predicted octanol–water partition coefficient (Wildman–Crippen LogP) is 3.45. The van der Waals surface area contributed by atoms with E-state index < -0.39 is 0 Å². The highest BCUT2D eigenvalue weighted by Gasteiger charge is 2.23. The van der Waals surface area contributed by atoms with E-state index in [0.29, 0.717) is 8.01 Å². The van der Waals surface area contributed by atoms with E-state index in [1.807, 2.05) is 11.4 Å². The summed E-state index contributed by atoms with van der Waals surface area (Å²) in [5, 5.41) is 0.886. The molecule has 1 fully saturated rings. The highest BCUT2D eigenvalue weighted by Crippen LogP contribution is 2.45. The van der Waals surface area contributed by atoms with Crippen LogP contribution in [0.1, 0.15) is 33.1 Å². The molecule has 3 atom stereocenters. The summed E-state index contributed by atoms with van der Waals surface area (Å²) in [6.07, 6.45) is 3.97. The first-order chi connectivity index (χ1) is 5.38. The average molecular weight is 192 g/mol. The maximum absolute atomic E-state index is 5.44. The summed E-state index contributed by atoms with van der Waals surface area (Å²) in [7, 11) is 0.698. The van der Waals surface area contributed by atoms with E-state index in [1.54, 1.807) is 0 Å². The molecule has 0 spiro atoms. The largest absolute Gasteiger partial charge is 0.351 e. The van der Waals surface area contributed by atoms with Crippen LogP contribution in [0.15, 0.2) is 0 Å². The van der Waals surface area contributed by atoms with Crippen molar-refractivity contribution >= 4 is 19.4 Å². The summed E-state index contributed by atoms with van der Waals surface area (Å²) >= 11 is 2.03. The number of hydrogen-bond donors (Lipinski definition) is 0. The van der Waals surface area contributed by atoms with Crippen LogP contribution in [-0.2, 0) is 4.52 Å². The van der Waals surface area contributed by atoms with Crippen LogP contribution in [0.3, 0.4) is 0 Å². The summed E-state index contributed by atoms with van der Waals surface area (Å²) in [6.45, 7) is 5.55. The second kappa shape index (κ2) is 5.40. The summed E-state index contributed by atoms with van der Waals surface area (Å²) in [5.41, 5.74) is 0. The first-order valence-corrected chi connectivity index (χ1v) is 6.92. The van der Waals surface area contributed by atoms with Crippen molar-refractivity contribution in [2.24, 2.45) is 5.92 Å². The molecule has 11 heavy (non-hydrogen) atoms. The molecule has 1 heterocycles. The van der Waals surface area contributed by atoms with Gasteiger partial charge in [0.05, 0.1) is 14.6 Å². The monoisotopic (exact) mass is 192 g/mol. The second-order valence-electron chi connectivity index (χ2n) is 3.01. The van der Waals surface area contributed by atoms with Crippen molar-refractivity contribution in [1.82, 2.24) is 0 Å². The topological polar surface area (TPSA) is 9.23 Å². The minimum absolute atomic E-state index is 0.698. The summed E-state index contributed by atoms with van der Waals surface area (Å²) < 4.78 is 5.44. The van der Waals surface area contributed by atoms with Gasteiger partial charge in [0.25, 0.3) is 0 Å². The van der Waals surface area contributed by atoms with Gasteiger partial charge in [-0.2, -0.15) is 0 Å². The van der Waals surface area contributed by atoms with Crippen molar-refractivity contribution < 1.29 is 4.52 Å². The highest BCUT2D eigenvalue weighted by atomic mass is 32.7. The molecular weight excluding hydrogens is 175 g/mol. The van der Waals surface area contributed by atoms with E-state index in [4.69, 9.17) is 4.52 Å². The third kappa shape index (κ3) is 2.93. The molecule has 1 saturated heterocycles. The van der Waals surface area contributed by atoms with Crippen LogP contribution in [0, 0.1) is 5.92 Å². The molecule has 0 aliphatic carbocycles. The third-order valence-corrected chi connectivity index (χ3v) is 5.03. The highest BCUT2D eigenvalue weighted by molar-refractivity contribution is 8.48. The SMILES string of the molecule is CCCC1SPOCC1CC. The van der Waals surface area contributed by atoms with E-state index in [0.717, 1.165) is 17.8 Å². The van der Waals surface area contributed by atoms with Crippen molar-refractivity contribution in [2.45, 2.75) is 38.4 Å². The smallest absolute Gasteiger partial charge is 0.0747 e. The van der Waals surface area contributed by atoms with Crippen LogP contribution in [-0.4, -0.2) is 11.9 Å². The lowest BCUT2D eigenvalue weighted by molar-refractivity contribution is 0.262.